The molecule has 2 saturated heterocycles. The summed E-state index contributed by atoms with van der Waals surface area (Å²) in [5.41, 5.74) is 0. The van der Waals surface area contributed by atoms with Crippen LogP contribution in [-0.4, -0.2) is 33.5 Å². The molecule has 2 aliphatic heterocycles. The van der Waals surface area contributed by atoms with Crippen LogP contribution in [0.15, 0.2) is 0 Å². The van der Waals surface area contributed by atoms with Gasteiger partial charge in [-0.15, -0.1) is 0 Å². The highest BCUT2D eigenvalue weighted by molar-refractivity contribution is 8.62. The molecule has 0 aromatic heterocycles. The van der Waals surface area contributed by atoms with Crippen LogP contribution in [0, 0.1) is 0 Å². The van der Waals surface area contributed by atoms with Gasteiger partial charge in [-0.05, 0) is 39.9 Å². The molecule has 54 valence electrons. The number of rotatable bonds is 2. The fourth-order valence-electron chi connectivity index (χ4n) is 3.05. The van der Waals surface area contributed by atoms with Crippen LogP contribution in [-0.2, 0) is 0 Å². The summed E-state index contributed by atoms with van der Waals surface area (Å²) in [5, 5.41) is 2.64. The molecular weight excluding hydrogens is 148 g/mol. The van der Waals surface area contributed by atoms with Crippen LogP contribution in [0.5, 0.6) is 0 Å². The molecule has 0 aromatic carbocycles. The molecule has 3 fully saturated rings. The van der Waals surface area contributed by atoms with Crippen molar-refractivity contribution in [2.75, 3.05) is 23.0 Å². The van der Waals surface area contributed by atoms with Gasteiger partial charge in [-0.1, -0.05) is 0 Å². The third-order valence-corrected chi connectivity index (χ3v) is 12.6. The molecule has 3 rings (SSSR count). The molecule has 1 aliphatic carbocycles. The minimum atomic E-state index is -0.693. The van der Waals surface area contributed by atoms with Crippen molar-refractivity contribution in [1.82, 2.24) is 0 Å². The Hall–Kier alpha value is 0.700. The zero-order valence-electron chi connectivity index (χ0n) is 5.58. The third kappa shape index (κ3) is 0.365. The van der Waals surface area contributed by atoms with Crippen LogP contribution < -0.4 is 0 Å². The molecule has 2 heteroatoms. The average molecular weight is 162 g/mol. The van der Waals surface area contributed by atoms with Gasteiger partial charge in [0.05, 0.1) is 0 Å². The highest BCUT2D eigenvalue weighted by atomic mass is 32.3. The first-order valence-electron chi connectivity index (χ1n) is 3.93. The number of hydrogen-bond donors (Lipinski definition) is 2. The van der Waals surface area contributed by atoms with Crippen LogP contribution in [0.3, 0.4) is 0 Å². The minimum absolute atomic E-state index is 0.693. The van der Waals surface area contributed by atoms with Crippen LogP contribution >= 0.6 is 21.8 Å². The maximum absolute atomic E-state index is 4.34. The molecule has 9 heavy (non-hydrogen) atoms. The van der Waals surface area contributed by atoms with E-state index in [-0.39, 0.29) is 0 Å². The summed E-state index contributed by atoms with van der Waals surface area (Å²) in [4.78, 5) is 0. The Balaban J connectivity index is 1.87. The van der Waals surface area contributed by atoms with Gasteiger partial charge < -0.3 is 0 Å². The predicted octanol–water partition coefficient (Wildman–Crippen LogP) is 1.16. The van der Waals surface area contributed by atoms with E-state index in [9.17, 15) is 0 Å². The van der Waals surface area contributed by atoms with Crippen molar-refractivity contribution < 1.29 is 0 Å². The normalized spacial score (nSPS) is 57.2. The van der Waals surface area contributed by atoms with Gasteiger partial charge in [-0.3, -0.25) is 9.16 Å². The molecule has 0 bridgehead atoms. The van der Waals surface area contributed by atoms with Crippen molar-refractivity contribution in [2.45, 2.75) is 16.9 Å². The molecule has 1 saturated carbocycles. The summed E-state index contributed by atoms with van der Waals surface area (Å²) in [6.45, 7) is 0. The van der Waals surface area contributed by atoms with Crippen molar-refractivity contribution in [3.63, 3.8) is 0 Å². The second-order valence-electron chi connectivity index (χ2n) is 4.18. The van der Waals surface area contributed by atoms with Gasteiger partial charge in [0.1, 0.15) is 0 Å². The molecule has 0 radical (unpaired) electrons. The topological polar surface area (TPSA) is 0 Å². The zero-order chi connectivity index (χ0) is 6.14. The minimum Gasteiger partial charge on any atom is -0.274 e. The van der Waals surface area contributed by atoms with Crippen molar-refractivity contribution >= 4 is 21.8 Å². The number of hydrogen-bond acceptors (Lipinski definition) is 1. The summed E-state index contributed by atoms with van der Waals surface area (Å²) in [7, 11) is -0.693. The van der Waals surface area contributed by atoms with E-state index in [1.807, 2.05) is 0 Å². The van der Waals surface area contributed by atoms with Crippen molar-refractivity contribution in [1.29, 1.82) is 0 Å². The van der Waals surface area contributed by atoms with Gasteiger partial charge in [0.15, 0.2) is 0 Å². The smallest absolute Gasteiger partial charge is 0.00347 e. The molecule has 0 amide bonds. The molecule has 2 heterocycles. The maximum atomic E-state index is 4.34. The summed E-state index contributed by atoms with van der Waals surface area (Å²) >= 11 is 4.34. The van der Waals surface area contributed by atoms with Crippen molar-refractivity contribution in [3.8, 4) is 0 Å². The molecule has 0 N–H and O–H groups in total. The Morgan fingerprint density at radius 3 is 2.11 bits per heavy atom. The largest absolute Gasteiger partial charge is 0.274 e. The SMILES string of the molecule is SCC[SH]12(CC1)C1CC12. The molecular formula is C7H14S2. The summed E-state index contributed by atoms with van der Waals surface area (Å²) in [6, 6.07) is 0. The van der Waals surface area contributed by atoms with Crippen molar-refractivity contribution in [2.24, 2.45) is 0 Å². The van der Waals surface area contributed by atoms with E-state index >= 15 is 0 Å². The first kappa shape index (κ1) is 5.36. The van der Waals surface area contributed by atoms with Gasteiger partial charge in [0, 0.05) is 0 Å². The lowest BCUT2D eigenvalue weighted by Gasteiger charge is -2.30. The second kappa shape index (κ2) is 1.10. The standard InChI is InChI=1S/C7H14S2/c8-1-2-9(3-4-9)6-5-7(6)9/h6-9H,1-5H2. The van der Waals surface area contributed by atoms with E-state index in [1.54, 1.807) is 23.7 Å². The lowest BCUT2D eigenvalue weighted by atomic mass is 10.9. The van der Waals surface area contributed by atoms with E-state index in [0.29, 0.717) is 0 Å². The van der Waals surface area contributed by atoms with E-state index in [4.69, 9.17) is 0 Å². The highest BCUT2D eigenvalue weighted by Gasteiger charge is 2.87. The van der Waals surface area contributed by atoms with E-state index in [1.165, 1.54) is 16.3 Å². The van der Waals surface area contributed by atoms with Crippen molar-refractivity contribution in [3.05, 3.63) is 0 Å². The molecule has 2 atom stereocenters. The molecule has 1 spiro atoms. The van der Waals surface area contributed by atoms with Gasteiger partial charge in [-0.25, -0.2) is 0 Å². The fourth-order valence-corrected chi connectivity index (χ4v) is 12.6. The first-order chi connectivity index (χ1) is 4.32. The Morgan fingerprint density at radius 1 is 1.33 bits per heavy atom. The predicted molar refractivity (Wildman–Crippen MR) is 49.6 cm³/mol. The monoisotopic (exact) mass is 162 g/mol. The lowest BCUT2D eigenvalue weighted by molar-refractivity contribution is 1.38. The van der Waals surface area contributed by atoms with Crippen LogP contribution in [0.25, 0.3) is 0 Å². The van der Waals surface area contributed by atoms with Crippen LogP contribution in [0.2, 0.25) is 0 Å². The quantitative estimate of drug-likeness (QED) is 0.442. The van der Waals surface area contributed by atoms with E-state index < -0.39 is 9.16 Å². The Morgan fingerprint density at radius 2 is 2.00 bits per heavy atom. The summed E-state index contributed by atoms with van der Waals surface area (Å²) in [5.74, 6) is 6.11. The van der Waals surface area contributed by atoms with Crippen LogP contribution in [0.4, 0.5) is 0 Å². The Kier molecular flexibility index (Phi) is 0.653. The zero-order valence-corrected chi connectivity index (χ0v) is 7.37. The van der Waals surface area contributed by atoms with Gasteiger partial charge in [0.25, 0.3) is 0 Å². The number of thiol groups is 2. The Bertz CT molecular complexity index is 171. The lowest BCUT2D eigenvalue weighted by Crippen LogP contribution is -2.02. The van der Waals surface area contributed by atoms with Gasteiger partial charge in [0.2, 0.25) is 0 Å². The van der Waals surface area contributed by atoms with E-state index in [2.05, 4.69) is 12.6 Å². The molecule has 0 nitrogen and oxygen atoms in total. The van der Waals surface area contributed by atoms with Crippen LogP contribution in [0.1, 0.15) is 6.42 Å². The van der Waals surface area contributed by atoms with Gasteiger partial charge >= 0.3 is 0 Å². The highest BCUT2D eigenvalue weighted by Crippen LogP contribution is 3.10. The Labute approximate surface area is 62.1 Å². The summed E-state index contributed by atoms with van der Waals surface area (Å²) in [6.07, 6.45) is 1.63. The molecule has 3 aliphatic rings. The molecule has 0 aromatic rings. The average Bonchev–Trinajstić information content (AvgIpc) is 2.66. The second-order valence-corrected chi connectivity index (χ2v) is 11.1. The van der Waals surface area contributed by atoms with E-state index in [0.717, 1.165) is 0 Å². The first-order valence-corrected chi connectivity index (χ1v) is 7.49. The van der Waals surface area contributed by atoms with Gasteiger partial charge in [-0.2, -0.15) is 12.6 Å². The molecule has 2 unspecified atom stereocenters. The summed E-state index contributed by atoms with van der Waals surface area (Å²) < 4.78 is 0. The number of fused-ring (bicyclic) bond motifs is 3. The third-order valence-electron chi connectivity index (χ3n) is 4.15. The maximum Gasteiger partial charge on any atom is -0.00347 e. The fraction of sp³-hybridized carbons (Fsp3) is 1.00.